The molecule has 0 aliphatic carbocycles. The topological polar surface area (TPSA) is 93.1 Å². The Morgan fingerprint density at radius 1 is 1.11 bits per heavy atom. The zero-order chi connectivity index (χ0) is 20.5. The molecule has 0 saturated carbocycles. The minimum Gasteiger partial charge on any atom is -0.322 e. The van der Waals surface area contributed by atoms with E-state index in [2.05, 4.69) is 31.1 Å². The highest BCUT2D eigenvalue weighted by Gasteiger charge is 2.16. The molecule has 28 heavy (non-hydrogen) atoms. The number of benzene rings is 2. The van der Waals surface area contributed by atoms with Crippen LogP contribution in [0.4, 0.5) is 11.4 Å². The molecule has 0 radical (unpaired) electrons. The summed E-state index contributed by atoms with van der Waals surface area (Å²) >= 11 is 3.39. The maximum absolute atomic E-state index is 12.7. The quantitative estimate of drug-likeness (QED) is 0.601. The van der Waals surface area contributed by atoms with Crippen molar-refractivity contribution in [1.82, 2.24) is 9.78 Å². The SMILES string of the molecule is Cc1ccc(NC(=O)c2cnn(-c3ccc(Br)cc3)c2C)cc1NS(C)(=O)=O. The van der Waals surface area contributed by atoms with Crippen molar-refractivity contribution in [3.8, 4) is 5.69 Å². The molecule has 0 saturated heterocycles. The lowest BCUT2D eigenvalue weighted by molar-refractivity contribution is 0.102. The number of halogens is 1. The first-order valence-electron chi connectivity index (χ1n) is 8.34. The van der Waals surface area contributed by atoms with E-state index in [0.717, 1.165) is 22.0 Å². The Bertz CT molecular complexity index is 1140. The first kappa shape index (κ1) is 20.1. The Kier molecular flexibility index (Phi) is 5.57. The van der Waals surface area contributed by atoms with Crippen molar-refractivity contribution < 1.29 is 13.2 Å². The molecule has 146 valence electrons. The molecule has 3 rings (SSSR count). The number of rotatable bonds is 5. The van der Waals surface area contributed by atoms with Crippen LogP contribution in [0, 0.1) is 13.8 Å². The molecule has 1 aromatic heterocycles. The lowest BCUT2D eigenvalue weighted by Gasteiger charge is -2.11. The zero-order valence-corrected chi connectivity index (χ0v) is 17.9. The second-order valence-corrected chi connectivity index (χ2v) is 9.05. The third-order valence-electron chi connectivity index (χ3n) is 4.12. The van der Waals surface area contributed by atoms with E-state index in [4.69, 9.17) is 0 Å². The van der Waals surface area contributed by atoms with Gasteiger partial charge in [0.25, 0.3) is 5.91 Å². The number of hydrogen-bond acceptors (Lipinski definition) is 4. The third-order valence-corrected chi connectivity index (χ3v) is 5.24. The minimum absolute atomic E-state index is 0.324. The molecule has 9 heteroatoms. The van der Waals surface area contributed by atoms with E-state index in [0.29, 0.717) is 22.6 Å². The normalized spacial score (nSPS) is 11.3. The van der Waals surface area contributed by atoms with E-state index in [1.807, 2.05) is 31.2 Å². The number of hydrogen-bond donors (Lipinski definition) is 2. The van der Waals surface area contributed by atoms with Crippen LogP contribution in [0.15, 0.2) is 53.1 Å². The molecule has 0 fully saturated rings. The number of sulfonamides is 1. The fourth-order valence-electron chi connectivity index (χ4n) is 2.68. The van der Waals surface area contributed by atoms with Crippen molar-refractivity contribution in [2.75, 3.05) is 16.3 Å². The van der Waals surface area contributed by atoms with Gasteiger partial charge in [-0.2, -0.15) is 5.10 Å². The molecule has 0 aliphatic heterocycles. The monoisotopic (exact) mass is 462 g/mol. The fraction of sp³-hybridized carbons (Fsp3) is 0.158. The van der Waals surface area contributed by atoms with Crippen LogP contribution in [0.3, 0.4) is 0 Å². The second kappa shape index (κ2) is 7.76. The van der Waals surface area contributed by atoms with Gasteiger partial charge in [-0.25, -0.2) is 13.1 Å². The van der Waals surface area contributed by atoms with Crippen LogP contribution in [0.2, 0.25) is 0 Å². The maximum Gasteiger partial charge on any atom is 0.259 e. The van der Waals surface area contributed by atoms with Gasteiger partial charge in [0.05, 0.1) is 35.1 Å². The Morgan fingerprint density at radius 2 is 1.79 bits per heavy atom. The predicted octanol–water partition coefficient (Wildman–Crippen LogP) is 3.88. The third kappa shape index (κ3) is 4.60. The van der Waals surface area contributed by atoms with Gasteiger partial charge in [-0.05, 0) is 55.8 Å². The molecule has 0 unspecified atom stereocenters. The molecule has 2 N–H and O–H groups in total. The van der Waals surface area contributed by atoms with Crippen molar-refractivity contribution in [2.24, 2.45) is 0 Å². The highest BCUT2D eigenvalue weighted by atomic mass is 79.9. The van der Waals surface area contributed by atoms with Gasteiger partial charge in [0.15, 0.2) is 0 Å². The molecule has 2 aromatic carbocycles. The summed E-state index contributed by atoms with van der Waals surface area (Å²) in [6, 6.07) is 12.6. The van der Waals surface area contributed by atoms with Crippen molar-refractivity contribution in [3.63, 3.8) is 0 Å². The molecular weight excluding hydrogens is 444 g/mol. The molecular formula is C19H19BrN4O3S. The Hall–Kier alpha value is -2.65. The summed E-state index contributed by atoms with van der Waals surface area (Å²) in [5, 5.41) is 7.10. The number of carbonyl (C=O) groups excluding carboxylic acids is 1. The van der Waals surface area contributed by atoms with E-state index in [9.17, 15) is 13.2 Å². The van der Waals surface area contributed by atoms with Gasteiger partial charge in [0, 0.05) is 10.2 Å². The second-order valence-electron chi connectivity index (χ2n) is 6.39. The highest BCUT2D eigenvalue weighted by molar-refractivity contribution is 9.10. The molecule has 0 atom stereocenters. The molecule has 0 bridgehead atoms. The van der Waals surface area contributed by atoms with E-state index in [1.165, 1.54) is 6.20 Å². The van der Waals surface area contributed by atoms with E-state index in [1.54, 1.807) is 29.8 Å². The van der Waals surface area contributed by atoms with Gasteiger partial charge in [0.2, 0.25) is 10.0 Å². The fourth-order valence-corrected chi connectivity index (χ4v) is 3.57. The number of aromatic nitrogens is 2. The Balaban J connectivity index is 1.84. The van der Waals surface area contributed by atoms with Crippen molar-refractivity contribution in [1.29, 1.82) is 0 Å². The number of aryl methyl sites for hydroxylation is 1. The molecule has 0 aliphatic rings. The van der Waals surface area contributed by atoms with Crippen molar-refractivity contribution in [2.45, 2.75) is 13.8 Å². The average Bonchev–Trinajstić information content (AvgIpc) is 2.99. The van der Waals surface area contributed by atoms with Crippen molar-refractivity contribution >= 4 is 43.2 Å². The number of carbonyl (C=O) groups is 1. The molecule has 3 aromatic rings. The molecule has 7 nitrogen and oxygen atoms in total. The van der Waals surface area contributed by atoms with Gasteiger partial charge >= 0.3 is 0 Å². The summed E-state index contributed by atoms with van der Waals surface area (Å²) in [4.78, 5) is 12.7. The van der Waals surface area contributed by atoms with Crippen LogP contribution < -0.4 is 10.0 Å². The van der Waals surface area contributed by atoms with Crippen LogP contribution in [0.25, 0.3) is 5.69 Å². The summed E-state index contributed by atoms with van der Waals surface area (Å²) < 4.78 is 28.1. The Morgan fingerprint density at radius 3 is 2.43 bits per heavy atom. The Labute approximate surface area is 172 Å². The average molecular weight is 463 g/mol. The van der Waals surface area contributed by atoms with Crippen LogP contribution >= 0.6 is 15.9 Å². The van der Waals surface area contributed by atoms with Crippen molar-refractivity contribution in [3.05, 3.63) is 70.0 Å². The summed E-state index contributed by atoms with van der Waals surface area (Å²) in [7, 11) is -3.41. The van der Waals surface area contributed by atoms with Gasteiger partial charge in [-0.1, -0.05) is 22.0 Å². The van der Waals surface area contributed by atoms with Gasteiger partial charge in [0.1, 0.15) is 0 Å². The van der Waals surface area contributed by atoms with Gasteiger partial charge in [-0.3, -0.25) is 9.52 Å². The summed E-state index contributed by atoms with van der Waals surface area (Å²) in [5.41, 5.74) is 3.63. The number of nitrogens with zero attached hydrogens (tertiary/aromatic N) is 2. The zero-order valence-electron chi connectivity index (χ0n) is 15.5. The lowest BCUT2D eigenvalue weighted by atomic mass is 10.1. The van der Waals surface area contributed by atoms with E-state index >= 15 is 0 Å². The minimum atomic E-state index is -3.41. The number of anilines is 2. The van der Waals surface area contributed by atoms with E-state index < -0.39 is 10.0 Å². The predicted molar refractivity (Wildman–Crippen MR) is 114 cm³/mol. The first-order chi connectivity index (χ1) is 13.1. The van der Waals surface area contributed by atoms with Crippen LogP contribution in [0.1, 0.15) is 21.6 Å². The molecule has 0 spiro atoms. The van der Waals surface area contributed by atoms with Crippen LogP contribution in [-0.2, 0) is 10.0 Å². The maximum atomic E-state index is 12.7. The van der Waals surface area contributed by atoms with Crippen LogP contribution in [-0.4, -0.2) is 30.4 Å². The molecule has 1 heterocycles. The summed E-state index contributed by atoms with van der Waals surface area (Å²) in [6.07, 6.45) is 2.59. The highest BCUT2D eigenvalue weighted by Crippen LogP contribution is 2.23. The number of nitrogens with one attached hydrogen (secondary N) is 2. The largest absolute Gasteiger partial charge is 0.322 e. The first-order valence-corrected chi connectivity index (χ1v) is 11.0. The smallest absolute Gasteiger partial charge is 0.259 e. The van der Waals surface area contributed by atoms with E-state index in [-0.39, 0.29) is 5.91 Å². The van der Waals surface area contributed by atoms with Crippen LogP contribution in [0.5, 0.6) is 0 Å². The standard InChI is InChI=1S/C19H19BrN4O3S/c1-12-4-7-15(10-18(12)23-28(3,26)27)22-19(25)17-11-21-24(13(17)2)16-8-5-14(20)6-9-16/h4-11,23H,1-3H3,(H,22,25). The van der Waals surface area contributed by atoms with Gasteiger partial charge in [-0.15, -0.1) is 0 Å². The number of amides is 1. The molecule has 1 amide bonds. The van der Waals surface area contributed by atoms with Gasteiger partial charge < -0.3 is 5.32 Å². The summed E-state index contributed by atoms with van der Waals surface area (Å²) in [5.74, 6) is -0.324. The lowest BCUT2D eigenvalue weighted by Crippen LogP contribution is -2.14. The summed E-state index contributed by atoms with van der Waals surface area (Å²) in [6.45, 7) is 3.60.